The van der Waals surface area contributed by atoms with Gasteiger partial charge in [0.1, 0.15) is 37.6 Å². The Morgan fingerprint density at radius 1 is 0.714 bits per heavy atom. The van der Waals surface area contributed by atoms with E-state index in [4.69, 9.17) is 58.0 Å². The van der Waals surface area contributed by atoms with Gasteiger partial charge in [0.2, 0.25) is 23.7 Å². The molecule has 30 heteroatoms. The first-order valence-corrected chi connectivity index (χ1v) is 25.7. The summed E-state index contributed by atoms with van der Waals surface area (Å²) in [5, 5.41) is 5.37. The second kappa shape index (κ2) is 20.8. The number of nitrogens with zero attached hydrogens (tertiary/aromatic N) is 8. The molecule has 0 aliphatic carbocycles. The summed E-state index contributed by atoms with van der Waals surface area (Å²) in [6.07, 6.45) is -3.92. The number of imidazole rings is 2. The fourth-order valence-corrected chi connectivity index (χ4v) is 11.4. The third-order valence-electron chi connectivity index (χ3n) is 11.2. The molecule has 0 bridgehead atoms. The van der Waals surface area contributed by atoms with Crippen molar-refractivity contribution < 1.29 is 74.0 Å². The lowest BCUT2D eigenvalue weighted by Crippen LogP contribution is -2.47. The van der Waals surface area contributed by atoms with Gasteiger partial charge in [0.25, 0.3) is 0 Å². The molecule has 12 atom stereocenters. The van der Waals surface area contributed by atoms with E-state index in [1.807, 2.05) is 0 Å². The number of rotatable bonds is 16. The van der Waals surface area contributed by atoms with E-state index < -0.39 is 87.7 Å². The van der Waals surface area contributed by atoms with E-state index in [1.54, 1.807) is 55.4 Å². The molecule has 4 fully saturated rings. The van der Waals surface area contributed by atoms with Crippen molar-refractivity contribution in [3.8, 4) is 11.8 Å². The summed E-state index contributed by atoms with van der Waals surface area (Å²) in [6, 6.07) is -1.14. The van der Waals surface area contributed by atoms with Crippen molar-refractivity contribution >= 4 is 61.7 Å². The number of hydrogen-bond donors (Lipinski definition) is 4. The smallest absolute Gasteiger partial charge is 0.406 e. The molecule has 0 aromatic carbocycles. The zero-order chi connectivity index (χ0) is 51.1. The monoisotopic (exact) mass is 1030 g/mol. The molecule has 4 aromatic heterocycles. The first-order chi connectivity index (χ1) is 32.9. The number of anilines is 2. The molecule has 2 unspecified atom stereocenters. The highest BCUT2D eigenvalue weighted by atomic mass is 31.2. The number of aromatic nitrogens is 8. The molecule has 0 saturated carbocycles. The van der Waals surface area contributed by atoms with Crippen LogP contribution in [0.2, 0.25) is 0 Å². The van der Waals surface area contributed by atoms with Crippen LogP contribution in [0.1, 0.15) is 81.7 Å². The van der Waals surface area contributed by atoms with Crippen molar-refractivity contribution in [3.05, 3.63) is 12.7 Å². The van der Waals surface area contributed by atoms with Crippen molar-refractivity contribution in [3.63, 3.8) is 0 Å². The Morgan fingerprint density at radius 2 is 1.09 bits per heavy atom. The molecule has 0 radical (unpaired) electrons. The minimum absolute atomic E-state index is 0.0574. The van der Waals surface area contributed by atoms with Crippen LogP contribution in [-0.2, 0) is 55.8 Å². The topological polar surface area (TPSA) is 324 Å². The fraction of sp³-hybridized carbons (Fsp3) is 0.700. The van der Waals surface area contributed by atoms with E-state index in [-0.39, 0.29) is 73.2 Å². The Balaban J connectivity index is 0.000000206. The van der Waals surface area contributed by atoms with Gasteiger partial charge in [0, 0.05) is 12.1 Å². The highest BCUT2D eigenvalue weighted by molar-refractivity contribution is 7.52. The summed E-state index contributed by atoms with van der Waals surface area (Å²) < 4.78 is 117. The SMILES string of the molecule is CCOc1nc(N)nc2c1ncn2[C@@H]1O[C@@H]2COP(=O)(N[C@@H](C)COC(=O)C(C)C)O[C@H]2[C@@]1(C)F.CCOc1nc(N)nc2c1ncn2[C@@H]1O[C@@H]2COP(=O)(N[C@@H](C)COC(=O)C(C)C)O[C@H]2[C@@]1(C)F. The number of carbonyl (C=O) groups is 2. The first kappa shape index (κ1) is 53.0. The Morgan fingerprint density at radius 3 is 1.43 bits per heavy atom. The molecule has 4 aliphatic rings. The van der Waals surface area contributed by atoms with Gasteiger partial charge in [-0.1, -0.05) is 27.7 Å². The van der Waals surface area contributed by atoms with E-state index >= 15 is 8.78 Å². The minimum Gasteiger partial charge on any atom is -0.476 e. The van der Waals surface area contributed by atoms with Crippen molar-refractivity contribution in [1.82, 2.24) is 49.2 Å². The molecular weight excluding hydrogens is 972 g/mol. The van der Waals surface area contributed by atoms with Crippen LogP contribution >= 0.6 is 15.5 Å². The predicted molar refractivity (Wildman–Crippen MR) is 242 cm³/mol. The molecule has 0 spiro atoms. The maximum Gasteiger partial charge on any atom is 0.406 e. The second-order valence-electron chi connectivity index (χ2n) is 17.9. The van der Waals surface area contributed by atoms with Crippen molar-refractivity contribution in [2.24, 2.45) is 11.8 Å². The van der Waals surface area contributed by atoms with Crippen LogP contribution in [0.4, 0.5) is 20.7 Å². The molecule has 8 heterocycles. The van der Waals surface area contributed by atoms with E-state index in [0.717, 1.165) is 0 Å². The third-order valence-corrected chi connectivity index (χ3v) is 14.7. The minimum atomic E-state index is -3.93. The fourth-order valence-electron chi connectivity index (χ4n) is 7.85. The van der Waals surface area contributed by atoms with E-state index in [1.165, 1.54) is 35.6 Å². The van der Waals surface area contributed by atoms with Crippen LogP contribution in [0.3, 0.4) is 0 Å². The summed E-state index contributed by atoms with van der Waals surface area (Å²) in [7, 11) is -7.86. The van der Waals surface area contributed by atoms with Crippen LogP contribution in [0.5, 0.6) is 11.8 Å². The number of fused-ring (bicyclic) bond motifs is 4. The van der Waals surface area contributed by atoms with Gasteiger partial charge in [0.05, 0.1) is 50.9 Å². The van der Waals surface area contributed by atoms with Crippen LogP contribution in [0.25, 0.3) is 22.3 Å². The van der Waals surface area contributed by atoms with Crippen molar-refractivity contribution in [1.29, 1.82) is 0 Å². The van der Waals surface area contributed by atoms with E-state index in [0.29, 0.717) is 24.2 Å². The summed E-state index contributed by atoms with van der Waals surface area (Å²) >= 11 is 0. The van der Waals surface area contributed by atoms with Gasteiger partial charge in [-0.05, 0) is 41.5 Å². The molecule has 0 amide bonds. The van der Waals surface area contributed by atoms with Gasteiger partial charge in [0.15, 0.2) is 46.1 Å². The molecule has 388 valence electrons. The number of alkyl halides is 2. The zero-order valence-electron chi connectivity index (χ0n) is 40.3. The highest BCUT2D eigenvalue weighted by Crippen LogP contribution is 2.58. The molecule has 70 heavy (non-hydrogen) atoms. The predicted octanol–water partition coefficient (Wildman–Crippen LogP) is 4.27. The maximum atomic E-state index is 16.2. The number of nitrogens with two attached hydrogens (primary N) is 2. The summed E-state index contributed by atoms with van der Waals surface area (Å²) in [6.45, 7) is 16.4. The molecule has 4 saturated heterocycles. The molecule has 6 N–H and O–H groups in total. The van der Waals surface area contributed by atoms with Gasteiger partial charge in [-0.2, -0.15) is 19.9 Å². The number of nitrogens with one attached hydrogen (secondary N) is 2. The van der Waals surface area contributed by atoms with Gasteiger partial charge in [-0.25, -0.2) is 38.1 Å². The van der Waals surface area contributed by atoms with E-state index in [9.17, 15) is 18.7 Å². The maximum absolute atomic E-state index is 16.2. The lowest BCUT2D eigenvalue weighted by atomic mass is 9.98. The summed E-state index contributed by atoms with van der Waals surface area (Å²) in [5.74, 6) is -1.19. The average Bonchev–Trinajstić information content (AvgIpc) is 4.02. The van der Waals surface area contributed by atoms with Crippen LogP contribution in [-0.4, -0.2) is 138 Å². The standard InChI is InChI=1S/2C20H30FN6O7P/c2*1-6-30-16-13-15(24-19(22)25-16)27(9-23-13)18-20(5,21)14-12(33-18)8-32-35(29,34-14)26-11(4)7-31-17(28)10(2)3/h2*9-12,14,18H,6-8H2,1-5H3,(H,26,29)(H2,22,24,25)/t2*11-,12+,14+,18+,20+,35?/m00/s1. The van der Waals surface area contributed by atoms with Crippen LogP contribution in [0.15, 0.2) is 12.7 Å². The Hall–Kier alpha value is -4.76. The summed E-state index contributed by atoms with van der Waals surface area (Å²) in [4.78, 5) is 48.3. The average molecular weight is 1030 g/mol. The number of halogens is 2. The highest BCUT2D eigenvalue weighted by Gasteiger charge is 2.63. The number of hydrogen-bond acceptors (Lipinski definition) is 22. The third kappa shape index (κ3) is 11.0. The quantitative estimate of drug-likeness (QED) is 0.0899. The summed E-state index contributed by atoms with van der Waals surface area (Å²) in [5.41, 5.74) is 8.34. The molecule has 8 rings (SSSR count). The van der Waals surface area contributed by atoms with Gasteiger partial charge < -0.3 is 39.9 Å². The van der Waals surface area contributed by atoms with Gasteiger partial charge in [-0.3, -0.25) is 36.8 Å². The molecule has 4 aromatic rings. The molecular formula is C40H60F2N12O14P2. The normalized spacial score (nSPS) is 31.5. The van der Waals surface area contributed by atoms with Crippen LogP contribution < -0.4 is 31.1 Å². The number of esters is 2. The number of carbonyl (C=O) groups excluding carboxylic acids is 2. The Bertz CT molecular complexity index is 2470. The lowest BCUT2D eigenvalue weighted by molar-refractivity contribution is -0.148. The zero-order valence-corrected chi connectivity index (χ0v) is 42.1. The van der Waals surface area contributed by atoms with Crippen LogP contribution in [0, 0.1) is 11.8 Å². The molecule has 26 nitrogen and oxygen atoms in total. The Kier molecular flexibility index (Phi) is 15.7. The van der Waals surface area contributed by atoms with Gasteiger partial charge in [-0.15, -0.1) is 0 Å². The van der Waals surface area contributed by atoms with E-state index in [2.05, 4.69) is 40.1 Å². The van der Waals surface area contributed by atoms with Crippen molar-refractivity contribution in [2.75, 3.05) is 51.1 Å². The second-order valence-corrected chi connectivity index (χ2v) is 21.4. The molecule has 4 aliphatic heterocycles. The van der Waals surface area contributed by atoms with Crippen molar-refractivity contribution in [2.45, 2.75) is 130 Å². The number of ether oxygens (including phenoxy) is 6. The Labute approximate surface area is 401 Å². The van der Waals surface area contributed by atoms with Gasteiger partial charge >= 0.3 is 27.4 Å². The number of nitrogen functional groups attached to an aromatic ring is 2. The lowest BCUT2D eigenvalue weighted by Gasteiger charge is -2.35. The first-order valence-electron chi connectivity index (χ1n) is 22.6. The largest absolute Gasteiger partial charge is 0.476 e.